The van der Waals surface area contributed by atoms with Gasteiger partial charge in [0.15, 0.2) is 5.69 Å². The van der Waals surface area contributed by atoms with Crippen molar-refractivity contribution in [2.75, 3.05) is 7.05 Å². The topological polar surface area (TPSA) is 38.1 Å². The summed E-state index contributed by atoms with van der Waals surface area (Å²) in [6.07, 6.45) is -3.48. The highest BCUT2D eigenvalue weighted by molar-refractivity contribution is 9.10. The van der Waals surface area contributed by atoms with Gasteiger partial charge < -0.3 is 4.90 Å². The third-order valence-corrected chi connectivity index (χ3v) is 3.56. The first-order valence-corrected chi connectivity index (χ1v) is 7.24. The summed E-state index contributed by atoms with van der Waals surface area (Å²) >= 11 is 3.21. The van der Waals surface area contributed by atoms with Crippen LogP contribution in [0.2, 0.25) is 0 Å². The van der Waals surface area contributed by atoms with Crippen molar-refractivity contribution >= 4 is 21.8 Å². The van der Waals surface area contributed by atoms with Crippen LogP contribution in [0.25, 0.3) is 0 Å². The van der Waals surface area contributed by atoms with E-state index in [-0.39, 0.29) is 13.1 Å². The zero-order valence-corrected chi connectivity index (χ0v) is 13.5. The van der Waals surface area contributed by atoms with Crippen LogP contribution in [0.1, 0.15) is 11.3 Å². The number of nitrogens with zero attached hydrogens (tertiary/aromatic N) is 3. The maximum absolute atomic E-state index is 13.7. The number of amides is 1. The van der Waals surface area contributed by atoms with Crippen molar-refractivity contribution in [1.29, 1.82) is 0 Å². The Balaban J connectivity index is 2.03. The monoisotopic (exact) mass is 393 g/mol. The van der Waals surface area contributed by atoms with E-state index in [0.29, 0.717) is 10.0 Å². The van der Waals surface area contributed by atoms with Gasteiger partial charge in [0.25, 0.3) is 0 Å². The lowest BCUT2D eigenvalue weighted by atomic mass is 10.2. The molecule has 2 aromatic rings. The van der Waals surface area contributed by atoms with E-state index in [1.165, 1.54) is 30.1 Å². The Kier molecular flexibility index (Phi) is 5.08. The number of benzene rings is 1. The summed E-state index contributed by atoms with van der Waals surface area (Å²) in [5.41, 5.74) is -0.766. The Morgan fingerprint density at radius 3 is 2.65 bits per heavy atom. The fourth-order valence-corrected chi connectivity index (χ4v) is 2.28. The van der Waals surface area contributed by atoms with Crippen molar-refractivity contribution in [3.05, 3.63) is 52.0 Å². The summed E-state index contributed by atoms with van der Waals surface area (Å²) in [4.78, 5) is 13.2. The largest absolute Gasteiger partial charge is 0.435 e. The number of alkyl halides is 3. The summed E-state index contributed by atoms with van der Waals surface area (Å²) in [6, 6.07) is 5.12. The predicted octanol–water partition coefficient (Wildman–Crippen LogP) is 3.46. The molecule has 1 amide bonds. The molecule has 0 aliphatic rings. The minimum atomic E-state index is -4.56. The number of halogens is 5. The first-order chi connectivity index (χ1) is 10.7. The number of carbonyl (C=O) groups excluding carboxylic acids is 1. The highest BCUT2D eigenvalue weighted by Gasteiger charge is 2.33. The van der Waals surface area contributed by atoms with Crippen LogP contribution in [0.3, 0.4) is 0 Å². The molecule has 4 nitrogen and oxygen atoms in total. The van der Waals surface area contributed by atoms with Crippen molar-refractivity contribution in [2.24, 2.45) is 0 Å². The maximum atomic E-state index is 13.7. The average Bonchev–Trinajstić information content (AvgIpc) is 2.91. The minimum Gasteiger partial charge on any atom is -0.340 e. The maximum Gasteiger partial charge on any atom is 0.435 e. The van der Waals surface area contributed by atoms with E-state index < -0.39 is 23.6 Å². The second-order valence-corrected chi connectivity index (χ2v) is 5.80. The first kappa shape index (κ1) is 17.5. The zero-order valence-electron chi connectivity index (χ0n) is 11.9. The highest BCUT2D eigenvalue weighted by atomic mass is 79.9. The molecular weight excluding hydrogens is 382 g/mol. The number of carbonyl (C=O) groups is 1. The lowest BCUT2D eigenvalue weighted by molar-refractivity contribution is -0.142. The van der Waals surface area contributed by atoms with E-state index in [2.05, 4.69) is 21.0 Å². The molecule has 23 heavy (non-hydrogen) atoms. The molecular formula is C14H12BrF4N3O. The molecule has 0 fully saturated rings. The van der Waals surface area contributed by atoms with E-state index >= 15 is 0 Å². The van der Waals surface area contributed by atoms with Gasteiger partial charge in [0.1, 0.15) is 12.4 Å². The molecule has 1 aromatic heterocycles. The Morgan fingerprint density at radius 2 is 2.04 bits per heavy atom. The van der Waals surface area contributed by atoms with Gasteiger partial charge in [-0.2, -0.15) is 18.3 Å². The van der Waals surface area contributed by atoms with Crippen LogP contribution >= 0.6 is 15.9 Å². The molecule has 0 radical (unpaired) electrons. The Hall–Kier alpha value is -1.90. The molecule has 124 valence electrons. The third kappa shape index (κ3) is 4.54. The van der Waals surface area contributed by atoms with Crippen LogP contribution < -0.4 is 0 Å². The fourth-order valence-electron chi connectivity index (χ4n) is 1.87. The molecule has 1 heterocycles. The molecule has 9 heteroatoms. The second-order valence-electron chi connectivity index (χ2n) is 4.88. The van der Waals surface area contributed by atoms with Gasteiger partial charge in [-0.3, -0.25) is 9.48 Å². The molecule has 0 saturated carbocycles. The van der Waals surface area contributed by atoms with Crippen LogP contribution in [0.15, 0.2) is 34.9 Å². The smallest absolute Gasteiger partial charge is 0.340 e. The zero-order chi connectivity index (χ0) is 17.2. The van der Waals surface area contributed by atoms with Gasteiger partial charge in [0.2, 0.25) is 5.91 Å². The van der Waals surface area contributed by atoms with E-state index in [0.717, 1.165) is 16.9 Å². The number of hydrogen-bond donors (Lipinski definition) is 0. The first-order valence-electron chi connectivity index (χ1n) is 6.45. The van der Waals surface area contributed by atoms with Gasteiger partial charge in [-0.25, -0.2) is 4.39 Å². The molecule has 2 rings (SSSR count). The second kappa shape index (κ2) is 6.69. The summed E-state index contributed by atoms with van der Waals surface area (Å²) in [5, 5.41) is 3.31. The van der Waals surface area contributed by atoms with Crippen LogP contribution in [0.5, 0.6) is 0 Å². The standard InChI is InChI=1S/C14H12BrF4N3O/c1-21(7-9-6-10(15)2-3-11(9)16)13(23)8-22-5-4-12(20-22)14(17,18)19/h2-6H,7-8H2,1H3. The van der Waals surface area contributed by atoms with Crippen molar-refractivity contribution in [1.82, 2.24) is 14.7 Å². The Bertz CT molecular complexity index is 714. The molecule has 0 atom stereocenters. The van der Waals surface area contributed by atoms with Crippen LogP contribution in [0.4, 0.5) is 17.6 Å². The summed E-state index contributed by atoms with van der Waals surface area (Å²) in [7, 11) is 1.44. The number of aromatic nitrogens is 2. The van der Waals surface area contributed by atoms with Crippen molar-refractivity contribution in [3.8, 4) is 0 Å². The molecule has 1 aromatic carbocycles. The van der Waals surface area contributed by atoms with Crippen molar-refractivity contribution in [3.63, 3.8) is 0 Å². The number of likely N-dealkylation sites (N-methyl/N-ethyl adjacent to an activating group) is 1. The summed E-state index contributed by atoms with van der Waals surface area (Å²) in [6.45, 7) is -0.361. The van der Waals surface area contributed by atoms with E-state index in [4.69, 9.17) is 0 Å². The SMILES string of the molecule is CN(Cc1cc(Br)ccc1F)C(=O)Cn1ccc(C(F)(F)F)n1. The summed E-state index contributed by atoms with van der Waals surface area (Å²) in [5.74, 6) is -0.951. The van der Waals surface area contributed by atoms with Crippen molar-refractivity contribution < 1.29 is 22.4 Å². The third-order valence-electron chi connectivity index (χ3n) is 3.07. The van der Waals surface area contributed by atoms with Gasteiger partial charge in [-0.1, -0.05) is 15.9 Å². The lowest BCUT2D eigenvalue weighted by Gasteiger charge is -2.18. The normalized spacial score (nSPS) is 11.6. The van der Waals surface area contributed by atoms with E-state index in [9.17, 15) is 22.4 Å². The van der Waals surface area contributed by atoms with Crippen LogP contribution in [-0.2, 0) is 24.1 Å². The van der Waals surface area contributed by atoms with Crippen LogP contribution in [0, 0.1) is 5.82 Å². The highest BCUT2D eigenvalue weighted by Crippen LogP contribution is 2.27. The van der Waals surface area contributed by atoms with E-state index in [1.807, 2.05) is 0 Å². The van der Waals surface area contributed by atoms with Gasteiger partial charge in [0, 0.05) is 29.8 Å². The minimum absolute atomic E-state index is 0.00248. The fraction of sp³-hybridized carbons (Fsp3) is 0.286. The molecule has 0 bridgehead atoms. The quantitative estimate of drug-likeness (QED) is 0.746. The Labute approximate surface area is 137 Å². The van der Waals surface area contributed by atoms with E-state index in [1.54, 1.807) is 0 Å². The van der Waals surface area contributed by atoms with Gasteiger partial charge >= 0.3 is 6.18 Å². The van der Waals surface area contributed by atoms with Gasteiger partial charge in [-0.05, 0) is 24.3 Å². The molecule has 0 unspecified atom stereocenters. The molecule has 0 aliphatic carbocycles. The lowest BCUT2D eigenvalue weighted by Crippen LogP contribution is -2.30. The van der Waals surface area contributed by atoms with Crippen LogP contribution in [-0.4, -0.2) is 27.6 Å². The number of rotatable bonds is 4. The molecule has 0 aliphatic heterocycles. The summed E-state index contributed by atoms with van der Waals surface area (Å²) < 4.78 is 52.6. The van der Waals surface area contributed by atoms with Crippen molar-refractivity contribution in [2.45, 2.75) is 19.3 Å². The average molecular weight is 394 g/mol. The number of hydrogen-bond acceptors (Lipinski definition) is 2. The molecule has 0 saturated heterocycles. The molecule has 0 spiro atoms. The molecule has 0 N–H and O–H groups in total. The van der Waals surface area contributed by atoms with Gasteiger partial charge in [0.05, 0.1) is 0 Å². The Morgan fingerprint density at radius 1 is 1.35 bits per heavy atom. The predicted molar refractivity (Wildman–Crippen MR) is 77.8 cm³/mol. The van der Waals surface area contributed by atoms with Gasteiger partial charge in [-0.15, -0.1) is 0 Å².